The maximum absolute atomic E-state index is 6.03. The highest BCUT2D eigenvalue weighted by molar-refractivity contribution is 6.30. The Morgan fingerprint density at radius 3 is 2.07 bits per heavy atom. The van der Waals surface area contributed by atoms with Gasteiger partial charge in [-0.25, -0.2) is 0 Å². The molecule has 0 aliphatic carbocycles. The van der Waals surface area contributed by atoms with E-state index in [1.807, 2.05) is 12.1 Å². The molecule has 4 aromatic rings. The smallest absolute Gasteiger partial charge is 0.0406 e. The van der Waals surface area contributed by atoms with Crippen molar-refractivity contribution in [2.24, 2.45) is 0 Å². The molecule has 0 spiro atoms. The normalized spacial score (nSPS) is 12.2. The van der Waals surface area contributed by atoms with Gasteiger partial charge in [0.05, 0.1) is 0 Å². The van der Waals surface area contributed by atoms with E-state index in [1.165, 1.54) is 52.3 Å². The number of unbranched alkanes of at least 4 members (excludes halogenated alkanes) is 1. The SMILES string of the molecule is CCCCC(Cc1ccc2ccccc2c1)c1ccc(-c2ccc(Cl)cc2)cc1. The predicted molar refractivity (Wildman–Crippen MR) is 127 cm³/mol. The van der Waals surface area contributed by atoms with Crippen LogP contribution in [0.1, 0.15) is 43.2 Å². The monoisotopic (exact) mass is 398 g/mol. The van der Waals surface area contributed by atoms with E-state index in [-0.39, 0.29) is 0 Å². The lowest BCUT2D eigenvalue weighted by Gasteiger charge is -2.18. The van der Waals surface area contributed by atoms with E-state index in [2.05, 4.69) is 85.8 Å². The molecule has 0 aliphatic rings. The molecular weight excluding hydrogens is 372 g/mol. The van der Waals surface area contributed by atoms with Crippen molar-refractivity contribution >= 4 is 22.4 Å². The average molecular weight is 399 g/mol. The number of rotatable bonds is 7. The molecule has 0 bridgehead atoms. The van der Waals surface area contributed by atoms with Gasteiger partial charge in [-0.05, 0) is 63.9 Å². The second kappa shape index (κ2) is 9.29. The molecule has 0 saturated carbocycles. The topological polar surface area (TPSA) is 0 Å². The van der Waals surface area contributed by atoms with E-state index in [0.717, 1.165) is 11.4 Å². The third-order valence-corrected chi connectivity index (χ3v) is 6.01. The summed E-state index contributed by atoms with van der Waals surface area (Å²) < 4.78 is 0. The Morgan fingerprint density at radius 2 is 1.38 bits per heavy atom. The van der Waals surface area contributed by atoms with Crippen LogP contribution >= 0.6 is 11.6 Å². The van der Waals surface area contributed by atoms with E-state index >= 15 is 0 Å². The Balaban J connectivity index is 1.57. The Labute approximate surface area is 179 Å². The van der Waals surface area contributed by atoms with Crippen LogP contribution in [0.3, 0.4) is 0 Å². The van der Waals surface area contributed by atoms with Gasteiger partial charge in [0.25, 0.3) is 0 Å². The second-order valence-electron chi connectivity index (χ2n) is 7.85. The van der Waals surface area contributed by atoms with Crippen molar-refractivity contribution < 1.29 is 0 Å². The molecule has 0 N–H and O–H groups in total. The third-order valence-electron chi connectivity index (χ3n) is 5.76. The first kappa shape index (κ1) is 19.7. The Kier molecular flexibility index (Phi) is 6.32. The lowest BCUT2D eigenvalue weighted by atomic mass is 9.86. The summed E-state index contributed by atoms with van der Waals surface area (Å²) in [4.78, 5) is 0. The number of halogens is 1. The van der Waals surface area contributed by atoms with Gasteiger partial charge in [0, 0.05) is 5.02 Å². The zero-order chi connectivity index (χ0) is 20.1. The molecule has 0 amide bonds. The summed E-state index contributed by atoms with van der Waals surface area (Å²) in [5, 5.41) is 3.42. The van der Waals surface area contributed by atoms with Gasteiger partial charge in [0.1, 0.15) is 0 Å². The lowest BCUT2D eigenvalue weighted by molar-refractivity contribution is 0.582. The minimum atomic E-state index is 0.551. The standard InChI is InChI=1S/C28H27Cl/c1-2-3-6-26(19-21-9-10-22-7-4-5-8-27(22)20-21)25-13-11-23(12-14-25)24-15-17-28(29)18-16-24/h4-5,7-18,20,26H,2-3,6,19H2,1H3. The van der Waals surface area contributed by atoms with Crippen LogP contribution in [0.5, 0.6) is 0 Å². The molecule has 0 fully saturated rings. The molecule has 0 nitrogen and oxygen atoms in total. The van der Waals surface area contributed by atoms with E-state index in [4.69, 9.17) is 11.6 Å². The van der Waals surface area contributed by atoms with Crippen molar-refractivity contribution in [2.75, 3.05) is 0 Å². The minimum absolute atomic E-state index is 0.551. The van der Waals surface area contributed by atoms with Crippen LogP contribution in [0.2, 0.25) is 5.02 Å². The fraction of sp³-hybridized carbons (Fsp3) is 0.214. The van der Waals surface area contributed by atoms with Crippen molar-refractivity contribution in [2.45, 2.75) is 38.5 Å². The fourth-order valence-electron chi connectivity index (χ4n) is 4.08. The molecule has 0 saturated heterocycles. The van der Waals surface area contributed by atoms with Crippen LogP contribution in [0.15, 0.2) is 91.0 Å². The van der Waals surface area contributed by atoms with E-state index in [9.17, 15) is 0 Å². The fourth-order valence-corrected chi connectivity index (χ4v) is 4.20. The summed E-state index contributed by atoms with van der Waals surface area (Å²) in [5.41, 5.74) is 5.31. The van der Waals surface area contributed by atoms with Crippen molar-refractivity contribution in [3.05, 3.63) is 107 Å². The first-order valence-corrected chi connectivity index (χ1v) is 10.9. The maximum Gasteiger partial charge on any atom is 0.0406 e. The highest BCUT2D eigenvalue weighted by Crippen LogP contribution is 2.30. The molecule has 0 aliphatic heterocycles. The van der Waals surface area contributed by atoms with Crippen molar-refractivity contribution in [1.82, 2.24) is 0 Å². The zero-order valence-corrected chi connectivity index (χ0v) is 17.7. The van der Waals surface area contributed by atoms with Crippen molar-refractivity contribution in [3.63, 3.8) is 0 Å². The largest absolute Gasteiger partial charge is 0.0843 e. The molecule has 4 rings (SSSR count). The molecule has 1 heteroatoms. The Hall–Kier alpha value is -2.57. The zero-order valence-electron chi connectivity index (χ0n) is 16.9. The maximum atomic E-state index is 6.03. The third kappa shape index (κ3) is 4.89. The Bertz CT molecular complexity index is 1060. The predicted octanol–water partition coefficient (Wildman–Crippen LogP) is 8.68. The summed E-state index contributed by atoms with van der Waals surface area (Å²) in [7, 11) is 0. The van der Waals surface area contributed by atoms with Crippen molar-refractivity contribution in [1.29, 1.82) is 0 Å². The second-order valence-corrected chi connectivity index (χ2v) is 8.29. The summed E-state index contributed by atoms with van der Waals surface area (Å²) in [6.07, 6.45) is 4.81. The number of hydrogen-bond donors (Lipinski definition) is 0. The number of hydrogen-bond acceptors (Lipinski definition) is 0. The summed E-state index contributed by atoms with van der Waals surface area (Å²) in [6, 6.07) is 32.7. The van der Waals surface area contributed by atoms with E-state index in [0.29, 0.717) is 5.92 Å². The van der Waals surface area contributed by atoms with Gasteiger partial charge in [-0.2, -0.15) is 0 Å². The molecule has 1 atom stereocenters. The van der Waals surface area contributed by atoms with Crippen molar-refractivity contribution in [3.8, 4) is 11.1 Å². The highest BCUT2D eigenvalue weighted by Gasteiger charge is 2.13. The molecule has 0 radical (unpaired) electrons. The van der Waals surface area contributed by atoms with Gasteiger partial charge in [0.15, 0.2) is 0 Å². The van der Waals surface area contributed by atoms with E-state index < -0.39 is 0 Å². The molecular formula is C28H27Cl. The first-order chi connectivity index (χ1) is 14.2. The van der Waals surface area contributed by atoms with Gasteiger partial charge in [-0.1, -0.05) is 110 Å². The van der Waals surface area contributed by atoms with Gasteiger partial charge in [0.2, 0.25) is 0 Å². The number of benzene rings is 4. The van der Waals surface area contributed by atoms with Gasteiger partial charge >= 0.3 is 0 Å². The molecule has 0 aromatic heterocycles. The van der Waals surface area contributed by atoms with Crippen LogP contribution in [0.4, 0.5) is 0 Å². The van der Waals surface area contributed by atoms with Gasteiger partial charge in [-0.15, -0.1) is 0 Å². The molecule has 146 valence electrons. The quantitative estimate of drug-likeness (QED) is 0.292. The Morgan fingerprint density at radius 1 is 0.724 bits per heavy atom. The van der Waals surface area contributed by atoms with Crippen LogP contribution in [-0.4, -0.2) is 0 Å². The molecule has 4 aromatic carbocycles. The lowest BCUT2D eigenvalue weighted by Crippen LogP contribution is -2.03. The van der Waals surface area contributed by atoms with Crippen LogP contribution < -0.4 is 0 Å². The van der Waals surface area contributed by atoms with Crippen LogP contribution in [-0.2, 0) is 6.42 Å². The van der Waals surface area contributed by atoms with E-state index in [1.54, 1.807) is 0 Å². The highest BCUT2D eigenvalue weighted by atomic mass is 35.5. The van der Waals surface area contributed by atoms with Gasteiger partial charge < -0.3 is 0 Å². The minimum Gasteiger partial charge on any atom is -0.0843 e. The van der Waals surface area contributed by atoms with Crippen LogP contribution in [0, 0.1) is 0 Å². The number of fused-ring (bicyclic) bond motifs is 1. The molecule has 1 unspecified atom stereocenters. The molecule has 0 heterocycles. The van der Waals surface area contributed by atoms with Gasteiger partial charge in [-0.3, -0.25) is 0 Å². The first-order valence-electron chi connectivity index (χ1n) is 10.6. The summed E-state index contributed by atoms with van der Waals surface area (Å²) in [6.45, 7) is 2.27. The average Bonchev–Trinajstić information content (AvgIpc) is 2.77. The summed E-state index contributed by atoms with van der Waals surface area (Å²) >= 11 is 6.03. The molecule has 29 heavy (non-hydrogen) atoms. The van der Waals surface area contributed by atoms with Crippen LogP contribution in [0.25, 0.3) is 21.9 Å². The summed E-state index contributed by atoms with van der Waals surface area (Å²) in [5.74, 6) is 0.551.